The van der Waals surface area contributed by atoms with Crippen molar-refractivity contribution < 1.29 is 9.47 Å². The van der Waals surface area contributed by atoms with Gasteiger partial charge < -0.3 is 9.47 Å². The van der Waals surface area contributed by atoms with Gasteiger partial charge in [0.25, 0.3) is 0 Å². The van der Waals surface area contributed by atoms with Crippen molar-refractivity contribution in [2.45, 2.75) is 47.6 Å². The van der Waals surface area contributed by atoms with E-state index in [4.69, 9.17) is 9.47 Å². The fourth-order valence-electron chi connectivity index (χ4n) is 1.84. The summed E-state index contributed by atoms with van der Waals surface area (Å²) in [4.78, 5) is 0. The number of rotatable bonds is 2. The summed E-state index contributed by atoms with van der Waals surface area (Å²) in [5.74, 6) is 1.91. The van der Waals surface area contributed by atoms with Crippen LogP contribution in [0.4, 0.5) is 0 Å². The molecule has 0 aromatic heterocycles. The fraction of sp³-hybridized carbons (Fsp3) is 0.474. The zero-order valence-electron chi connectivity index (χ0n) is 14.3. The number of hydrogen-bond acceptors (Lipinski definition) is 2. The molecule has 0 fully saturated rings. The van der Waals surface area contributed by atoms with Gasteiger partial charge in [0.15, 0.2) is 11.5 Å². The summed E-state index contributed by atoms with van der Waals surface area (Å²) in [5, 5.41) is 0. The van der Waals surface area contributed by atoms with Gasteiger partial charge in [0, 0.05) is 0 Å². The largest absolute Gasteiger partial charge is 0.486 e. The van der Waals surface area contributed by atoms with E-state index in [0.717, 1.165) is 11.5 Å². The van der Waals surface area contributed by atoms with Gasteiger partial charge in [-0.2, -0.15) is 0 Å². The molecule has 2 rings (SSSR count). The molecule has 2 aliphatic rings. The van der Waals surface area contributed by atoms with Crippen molar-refractivity contribution in [2.24, 2.45) is 5.92 Å². The summed E-state index contributed by atoms with van der Waals surface area (Å²) in [6.07, 6.45) is 12.2. The monoisotopic (exact) mass is 290 g/mol. The predicted octanol–water partition coefficient (Wildman–Crippen LogP) is 5.56. The van der Waals surface area contributed by atoms with E-state index in [-0.39, 0.29) is 6.10 Å². The summed E-state index contributed by atoms with van der Waals surface area (Å²) < 4.78 is 11.4. The summed E-state index contributed by atoms with van der Waals surface area (Å²) in [6.45, 7) is 16.5. The molecule has 0 N–H and O–H groups in total. The highest BCUT2D eigenvalue weighted by Gasteiger charge is 2.18. The molecule has 0 bridgehead atoms. The molecule has 2 heteroatoms. The molecule has 0 amide bonds. The SMILES string of the molecule is C=CC1=C(/C=C2/C=CC=C[C@@H]2C)OCC(C)O1.CC.CC. The molecule has 0 radical (unpaired) electrons. The minimum Gasteiger partial charge on any atom is -0.486 e. The van der Waals surface area contributed by atoms with Crippen LogP contribution >= 0.6 is 0 Å². The van der Waals surface area contributed by atoms with Crippen LogP contribution in [0, 0.1) is 5.92 Å². The lowest BCUT2D eigenvalue weighted by atomic mass is 9.95. The minimum absolute atomic E-state index is 0.0874. The Morgan fingerprint density at radius 3 is 2.33 bits per heavy atom. The molecule has 1 unspecified atom stereocenters. The topological polar surface area (TPSA) is 18.5 Å². The molecule has 1 heterocycles. The maximum absolute atomic E-state index is 5.69. The first kappa shape index (κ1) is 19.3. The first-order chi connectivity index (χ1) is 10.2. The molecule has 118 valence electrons. The molecule has 0 saturated heterocycles. The Hall–Kier alpha value is -1.70. The smallest absolute Gasteiger partial charge is 0.161 e. The van der Waals surface area contributed by atoms with Crippen LogP contribution < -0.4 is 0 Å². The number of hydrogen-bond donors (Lipinski definition) is 0. The lowest BCUT2D eigenvalue weighted by Crippen LogP contribution is -2.21. The van der Waals surface area contributed by atoms with Crippen LogP contribution in [0.1, 0.15) is 41.5 Å². The second-order valence-corrected chi connectivity index (χ2v) is 4.35. The highest BCUT2D eigenvalue weighted by atomic mass is 16.6. The van der Waals surface area contributed by atoms with Gasteiger partial charge in [-0.3, -0.25) is 0 Å². The third-order valence-corrected chi connectivity index (χ3v) is 2.85. The van der Waals surface area contributed by atoms with Crippen LogP contribution in [0.25, 0.3) is 0 Å². The molecule has 1 aliphatic heterocycles. The predicted molar refractivity (Wildman–Crippen MR) is 91.9 cm³/mol. The Labute approximate surface area is 130 Å². The molecule has 0 aromatic carbocycles. The highest BCUT2D eigenvalue weighted by molar-refractivity contribution is 5.38. The second-order valence-electron chi connectivity index (χ2n) is 4.35. The average Bonchev–Trinajstić information content (AvgIpc) is 2.55. The normalized spacial score (nSPS) is 25.0. The van der Waals surface area contributed by atoms with Crippen molar-refractivity contribution >= 4 is 0 Å². The number of ether oxygens (including phenoxy) is 2. The molecule has 1 aliphatic carbocycles. The van der Waals surface area contributed by atoms with Crippen molar-refractivity contribution in [3.05, 3.63) is 60.1 Å². The molecule has 0 spiro atoms. The van der Waals surface area contributed by atoms with Crippen LogP contribution in [0.3, 0.4) is 0 Å². The Morgan fingerprint density at radius 2 is 1.76 bits per heavy atom. The number of allylic oxidation sites excluding steroid dienone is 7. The van der Waals surface area contributed by atoms with E-state index in [9.17, 15) is 0 Å². The average molecular weight is 290 g/mol. The highest BCUT2D eigenvalue weighted by Crippen LogP contribution is 2.25. The molecule has 0 aromatic rings. The maximum Gasteiger partial charge on any atom is 0.161 e. The second kappa shape index (κ2) is 11.0. The lowest BCUT2D eigenvalue weighted by Gasteiger charge is -2.24. The fourth-order valence-corrected chi connectivity index (χ4v) is 1.84. The van der Waals surface area contributed by atoms with Crippen molar-refractivity contribution in [1.82, 2.24) is 0 Å². The quantitative estimate of drug-likeness (QED) is 0.663. The van der Waals surface area contributed by atoms with Crippen LogP contribution in [0.5, 0.6) is 0 Å². The van der Waals surface area contributed by atoms with E-state index >= 15 is 0 Å². The standard InChI is InChI=1S/C15H18O2.2C2H6/c1-4-14-15(16-10-12(3)17-14)9-13-8-6-5-7-11(13)2;2*1-2/h4-9,11-12H,1,10H2,2-3H3;2*1-2H3/b13-9-;;/t11-,12?;;/m0../s1. The Bertz CT molecular complexity index is 425. The lowest BCUT2D eigenvalue weighted by molar-refractivity contribution is 0.0187. The molecule has 0 saturated carbocycles. The molecular weight excluding hydrogens is 260 g/mol. The molecule has 21 heavy (non-hydrogen) atoms. The van der Waals surface area contributed by atoms with Crippen molar-refractivity contribution in [3.63, 3.8) is 0 Å². The van der Waals surface area contributed by atoms with E-state index in [0.29, 0.717) is 12.5 Å². The van der Waals surface area contributed by atoms with Crippen molar-refractivity contribution in [2.75, 3.05) is 6.61 Å². The van der Waals surface area contributed by atoms with E-state index in [1.54, 1.807) is 6.08 Å². The van der Waals surface area contributed by atoms with E-state index in [2.05, 4.69) is 31.7 Å². The van der Waals surface area contributed by atoms with Gasteiger partial charge in [-0.15, -0.1) is 0 Å². The van der Waals surface area contributed by atoms with Crippen LogP contribution in [-0.4, -0.2) is 12.7 Å². The van der Waals surface area contributed by atoms with E-state index < -0.39 is 0 Å². The third-order valence-electron chi connectivity index (χ3n) is 2.85. The zero-order valence-corrected chi connectivity index (χ0v) is 14.3. The van der Waals surface area contributed by atoms with Gasteiger partial charge in [-0.25, -0.2) is 0 Å². The van der Waals surface area contributed by atoms with E-state index in [1.807, 2.05) is 46.8 Å². The van der Waals surface area contributed by atoms with Crippen molar-refractivity contribution in [1.29, 1.82) is 0 Å². The van der Waals surface area contributed by atoms with Crippen LogP contribution in [0.15, 0.2) is 60.1 Å². The summed E-state index contributed by atoms with van der Waals surface area (Å²) >= 11 is 0. The van der Waals surface area contributed by atoms with Gasteiger partial charge in [0.05, 0.1) is 0 Å². The van der Waals surface area contributed by atoms with Gasteiger partial charge in [0.2, 0.25) is 0 Å². The van der Waals surface area contributed by atoms with Crippen molar-refractivity contribution in [3.8, 4) is 0 Å². The van der Waals surface area contributed by atoms with E-state index in [1.165, 1.54) is 5.57 Å². The summed E-state index contributed by atoms with van der Waals surface area (Å²) in [6, 6.07) is 0. The Kier molecular flexibility index (Phi) is 10.1. The van der Waals surface area contributed by atoms with Gasteiger partial charge >= 0.3 is 0 Å². The Balaban J connectivity index is 0.000000921. The minimum atomic E-state index is 0.0874. The molecular formula is C19H30O2. The molecule has 2 nitrogen and oxygen atoms in total. The Morgan fingerprint density at radius 1 is 1.10 bits per heavy atom. The van der Waals surface area contributed by atoms with Gasteiger partial charge in [-0.05, 0) is 30.6 Å². The molecule has 2 atom stereocenters. The zero-order chi connectivity index (χ0) is 16.3. The third kappa shape index (κ3) is 6.07. The first-order valence-corrected chi connectivity index (χ1v) is 7.93. The summed E-state index contributed by atoms with van der Waals surface area (Å²) in [5.41, 5.74) is 1.22. The maximum atomic E-state index is 5.69. The first-order valence-electron chi connectivity index (χ1n) is 7.93. The van der Waals surface area contributed by atoms with Crippen LogP contribution in [0.2, 0.25) is 0 Å². The van der Waals surface area contributed by atoms with Gasteiger partial charge in [0.1, 0.15) is 12.7 Å². The van der Waals surface area contributed by atoms with Gasteiger partial charge in [-0.1, -0.05) is 65.5 Å². The van der Waals surface area contributed by atoms with Crippen LogP contribution in [-0.2, 0) is 9.47 Å². The summed E-state index contributed by atoms with van der Waals surface area (Å²) in [7, 11) is 0.